The number of carbonyl (C=O) groups is 1. The number of hydrogen-bond acceptors (Lipinski definition) is 4. The SMILES string of the molecule is CC1c2ncc(CNC(=O)C3CC3)n2CCN1Cc1ccco1. The second-order valence-corrected chi connectivity index (χ2v) is 6.48. The molecule has 0 bridgehead atoms. The van der Waals surface area contributed by atoms with Gasteiger partial charge in [-0.3, -0.25) is 9.69 Å². The van der Waals surface area contributed by atoms with E-state index in [0.29, 0.717) is 6.54 Å². The van der Waals surface area contributed by atoms with Gasteiger partial charge in [-0.25, -0.2) is 4.98 Å². The maximum atomic E-state index is 11.8. The lowest BCUT2D eigenvalue weighted by molar-refractivity contribution is -0.122. The Balaban J connectivity index is 1.43. The summed E-state index contributed by atoms with van der Waals surface area (Å²) in [5.41, 5.74) is 1.10. The van der Waals surface area contributed by atoms with Gasteiger partial charge in [-0.1, -0.05) is 0 Å². The second-order valence-electron chi connectivity index (χ2n) is 6.48. The monoisotopic (exact) mass is 314 g/mol. The molecule has 2 aromatic heterocycles. The van der Waals surface area contributed by atoms with E-state index in [9.17, 15) is 4.79 Å². The first-order valence-electron chi connectivity index (χ1n) is 8.31. The van der Waals surface area contributed by atoms with E-state index in [4.69, 9.17) is 4.42 Å². The van der Waals surface area contributed by atoms with E-state index in [1.165, 1.54) is 0 Å². The summed E-state index contributed by atoms with van der Waals surface area (Å²) in [5, 5.41) is 3.03. The molecule has 6 nitrogen and oxygen atoms in total. The summed E-state index contributed by atoms with van der Waals surface area (Å²) in [6.07, 6.45) is 5.69. The average Bonchev–Trinajstić information content (AvgIpc) is 3.13. The normalized spacial score (nSPS) is 21.2. The maximum Gasteiger partial charge on any atom is 0.223 e. The molecular weight excluding hydrogens is 292 g/mol. The number of carbonyl (C=O) groups excluding carboxylic acids is 1. The van der Waals surface area contributed by atoms with Crippen LogP contribution in [0.4, 0.5) is 0 Å². The molecule has 0 spiro atoms. The first-order valence-corrected chi connectivity index (χ1v) is 8.31. The molecule has 6 heteroatoms. The van der Waals surface area contributed by atoms with Crippen molar-refractivity contribution in [3.8, 4) is 0 Å². The Morgan fingerprint density at radius 1 is 1.43 bits per heavy atom. The Bertz CT molecular complexity index is 688. The third-order valence-electron chi connectivity index (χ3n) is 4.83. The van der Waals surface area contributed by atoms with Crippen molar-refractivity contribution in [2.45, 2.75) is 45.4 Å². The molecule has 2 aliphatic rings. The van der Waals surface area contributed by atoms with Crippen LogP contribution in [-0.4, -0.2) is 26.9 Å². The Morgan fingerprint density at radius 2 is 2.30 bits per heavy atom. The molecule has 1 saturated carbocycles. The fourth-order valence-electron chi connectivity index (χ4n) is 3.23. The minimum absolute atomic E-state index is 0.184. The molecule has 4 rings (SSSR count). The van der Waals surface area contributed by atoms with Gasteiger partial charge in [0.1, 0.15) is 11.6 Å². The zero-order valence-corrected chi connectivity index (χ0v) is 13.4. The van der Waals surface area contributed by atoms with Gasteiger partial charge in [0.2, 0.25) is 5.91 Å². The fraction of sp³-hybridized carbons (Fsp3) is 0.529. The third kappa shape index (κ3) is 2.91. The Labute approximate surface area is 135 Å². The van der Waals surface area contributed by atoms with Crippen LogP contribution in [0, 0.1) is 5.92 Å². The summed E-state index contributed by atoms with van der Waals surface area (Å²) < 4.78 is 7.70. The molecule has 23 heavy (non-hydrogen) atoms. The van der Waals surface area contributed by atoms with Crippen LogP contribution >= 0.6 is 0 Å². The van der Waals surface area contributed by atoms with Crippen molar-refractivity contribution in [2.75, 3.05) is 6.54 Å². The smallest absolute Gasteiger partial charge is 0.223 e. The van der Waals surface area contributed by atoms with Crippen molar-refractivity contribution >= 4 is 5.91 Å². The summed E-state index contributed by atoms with van der Waals surface area (Å²) >= 11 is 0. The highest BCUT2D eigenvalue weighted by molar-refractivity contribution is 5.80. The number of furan rings is 1. The van der Waals surface area contributed by atoms with Crippen molar-refractivity contribution in [1.29, 1.82) is 0 Å². The number of rotatable bonds is 5. The van der Waals surface area contributed by atoms with Crippen LogP contribution in [0.5, 0.6) is 0 Å². The average molecular weight is 314 g/mol. The molecule has 1 atom stereocenters. The quantitative estimate of drug-likeness (QED) is 0.918. The van der Waals surface area contributed by atoms with E-state index >= 15 is 0 Å². The first kappa shape index (κ1) is 14.5. The van der Waals surface area contributed by atoms with Gasteiger partial charge in [0, 0.05) is 19.0 Å². The van der Waals surface area contributed by atoms with E-state index in [0.717, 1.165) is 49.8 Å². The number of amides is 1. The molecule has 122 valence electrons. The lowest BCUT2D eigenvalue weighted by Gasteiger charge is -2.33. The van der Waals surface area contributed by atoms with Gasteiger partial charge in [-0.05, 0) is 31.9 Å². The highest BCUT2D eigenvalue weighted by Crippen LogP contribution is 2.29. The van der Waals surface area contributed by atoms with Crippen LogP contribution < -0.4 is 5.32 Å². The zero-order chi connectivity index (χ0) is 15.8. The van der Waals surface area contributed by atoms with Gasteiger partial charge in [-0.15, -0.1) is 0 Å². The maximum absolute atomic E-state index is 11.8. The fourth-order valence-corrected chi connectivity index (χ4v) is 3.23. The standard InChI is InChI=1S/C17H22N4O2/c1-12-16-18-9-14(10-19-17(22)13-4-5-13)21(16)7-6-20(12)11-15-3-2-8-23-15/h2-3,8-9,12-13H,4-7,10-11H2,1H3,(H,19,22). The van der Waals surface area contributed by atoms with E-state index in [1.54, 1.807) is 6.26 Å². The van der Waals surface area contributed by atoms with Gasteiger partial charge in [0.15, 0.2) is 0 Å². The highest BCUT2D eigenvalue weighted by Gasteiger charge is 2.30. The molecule has 0 saturated heterocycles. The van der Waals surface area contributed by atoms with Crippen LogP contribution in [0.3, 0.4) is 0 Å². The molecule has 0 aromatic carbocycles. The van der Waals surface area contributed by atoms with Gasteiger partial charge in [0.05, 0.1) is 37.3 Å². The lowest BCUT2D eigenvalue weighted by Crippen LogP contribution is -2.37. The lowest BCUT2D eigenvalue weighted by atomic mass is 10.2. The Kier molecular flexibility index (Phi) is 3.69. The largest absolute Gasteiger partial charge is 0.468 e. The molecule has 2 aromatic rings. The van der Waals surface area contributed by atoms with Crippen molar-refractivity contribution in [2.24, 2.45) is 5.92 Å². The van der Waals surface area contributed by atoms with Crippen molar-refractivity contribution in [1.82, 2.24) is 19.8 Å². The van der Waals surface area contributed by atoms with Gasteiger partial charge in [0.25, 0.3) is 0 Å². The number of nitrogens with zero attached hydrogens (tertiary/aromatic N) is 3. The molecule has 1 aliphatic carbocycles. The number of aromatic nitrogens is 2. The zero-order valence-electron chi connectivity index (χ0n) is 13.4. The number of hydrogen-bond donors (Lipinski definition) is 1. The third-order valence-corrected chi connectivity index (χ3v) is 4.83. The van der Waals surface area contributed by atoms with Crippen LogP contribution in [0.15, 0.2) is 29.0 Å². The molecule has 0 radical (unpaired) electrons. The summed E-state index contributed by atoms with van der Waals surface area (Å²) in [7, 11) is 0. The van der Waals surface area contributed by atoms with E-state index < -0.39 is 0 Å². The van der Waals surface area contributed by atoms with Crippen molar-refractivity contribution < 1.29 is 9.21 Å². The van der Waals surface area contributed by atoms with Gasteiger partial charge in [-0.2, -0.15) is 0 Å². The van der Waals surface area contributed by atoms with Crippen molar-refractivity contribution in [3.63, 3.8) is 0 Å². The van der Waals surface area contributed by atoms with E-state index in [2.05, 4.69) is 26.7 Å². The predicted molar refractivity (Wildman–Crippen MR) is 84.3 cm³/mol. The van der Waals surface area contributed by atoms with Gasteiger partial charge >= 0.3 is 0 Å². The molecular formula is C17H22N4O2. The summed E-state index contributed by atoms with van der Waals surface area (Å²) in [5.74, 6) is 2.48. The van der Waals surface area contributed by atoms with Crippen LogP contribution in [0.25, 0.3) is 0 Å². The number of fused-ring (bicyclic) bond motifs is 1. The second kappa shape index (κ2) is 5.85. The van der Waals surface area contributed by atoms with Crippen LogP contribution in [-0.2, 0) is 24.4 Å². The topological polar surface area (TPSA) is 63.3 Å². The minimum Gasteiger partial charge on any atom is -0.468 e. The predicted octanol–water partition coefficient (Wildman–Crippen LogP) is 2.08. The molecule has 3 heterocycles. The van der Waals surface area contributed by atoms with Crippen LogP contribution in [0.2, 0.25) is 0 Å². The molecule has 1 fully saturated rings. The van der Waals surface area contributed by atoms with Crippen molar-refractivity contribution in [3.05, 3.63) is 41.9 Å². The summed E-state index contributed by atoms with van der Waals surface area (Å²) in [6, 6.07) is 4.17. The summed E-state index contributed by atoms with van der Waals surface area (Å²) in [6.45, 7) is 5.40. The molecule has 1 amide bonds. The summed E-state index contributed by atoms with van der Waals surface area (Å²) in [4.78, 5) is 18.8. The Hall–Kier alpha value is -2.08. The number of imidazole rings is 1. The van der Waals surface area contributed by atoms with E-state index in [-0.39, 0.29) is 17.9 Å². The first-order chi connectivity index (χ1) is 11.2. The molecule has 1 unspecified atom stereocenters. The molecule has 1 N–H and O–H groups in total. The molecule has 1 aliphatic heterocycles. The number of nitrogens with one attached hydrogen (secondary N) is 1. The minimum atomic E-state index is 0.184. The van der Waals surface area contributed by atoms with E-state index in [1.807, 2.05) is 18.3 Å². The van der Waals surface area contributed by atoms with Crippen LogP contribution in [0.1, 0.15) is 43.1 Å². The van der Waals surface area contributed by atoms with Gasteiger partial charge < -0.3 is 14.3 Å². The Morgan fingerprint density at radius 3 is 3.04 bits per heavy atom. The highest BCUT2D eigenvalue weighted by atomic mass is 16.3.